The van der Waals surface area contributed by atoms with E-state index in [4.69, 9.17) is 23.2 Å². The molecule has 154 valence electrons. The van der Waals surface area contributed by atoms with Gasteiger partial charge in [-0.2, -0.15) is 13.2 Å². The minimum Gasteiger partial charge on any atom is -0.319 e. The summed E-state index contributed by atoms with van der Waals surface area (Å²) in [5.74, 6) is -2.59. The Balaban J connectivity index is 1.59. The maximum Gasteiger partial charge on any atom is 0.438 e. The summed E-state index contributed by atoms with van der Waals surface area (Å²) in [5.41, 5.74) is -3.03. The number of hydrogen-bond acceptors (Lipinski definition) is 4. The maximum atomic E-state index is 14.4. The molecule has 1 saturated heterocycles. The summed E-state index contributed by atoms with van der Waals surface area (Å²) in [4.78, 5) is 29.5. The van der Waals surface area contributed by atoms with Crippen molar-refractivity contribution in [1.82, 2.24) is 20.2 Å². The van der Waals surface area contributed by atoms with E-state index in [1.807, 2.05) is 0 Å². The lowest BCUT2D eigenvalue weighted by molar-refractivity contribution is -0.220. The van der Waals surface area contributed by atoms with Gasteiger partial charge >= 0.3 is 6.18 Å². The highest BCUT2D eigenvalue weighted by molar-refractivity contribution is 6.42. The second-order valence-corrected chi connectivity index (χ2v) is 8.94. The summed E-state index contributed by atoms with van der Waals surface area (Å²) in [5, 5.41) is 5.33. The quantitative estimate of drug-likeness (QED) is 0.743. The highest BCUT2D eigenvalue weighted by Crippen LogP contribution is 2.50. The van der Waals surface area contributed by atoms with E-state index in [1.165, 1.54) is 12.1 Å². The first-order valence-electron chi connectivity index (χ1n) is 9.06. The molecule has 2 N–H and O–H groups in total. The van der Waals surface area contributed by atoms with Crippen molar-refractivity contribution < 1.29 is 22.8 Å². The van der Waals surface area contributed by atoms with Crippen LogP contribution in [0.3, 0.4) is 0 Å². The van der Waals surface area contributed by atoms with Crippen LogP contribution in [0.5, 0.6) is 0 Å². The molecule has 2 fully saturated rings. The third-order valence-corrected chi connectivity index (χ3v) is 6.99. The number of nitrogens with one attached hydrogen (secondary N) is 2. The third kappa shape index (κ3) is 2.50. The number of amides is 1. The number of imidazole rings is 1. The molecule has 29 heavy (non-hydrogen) atoms. The Morgan fingerprint density at radius 1 is 1.24 bits per heavy atom. The first kappa shape index (κ1) is 19.1. The molecule has 1 aromatic heterocycles. The van der Waals surface area contributed by atoms with Gasteiger partial charge < -0.3 is 10.6 Å². The van der Waals surface area contributed by atoms with E-state index in [1.54, 1.807) is 0 Å². The standard InChI is InChI=1S/C18H15Cl2F3N4O2/c19-9-1-11-12(2-10(9)20)27-14(25-11)3-13(28)17(27,18(21,22)23)26-15(29)8-4-16(5-8)6-24-7-16/h1-2,8,24H,3-7H2,(H,26,29). The second kappa shape index (κ2) is 5.86. The van der Waals surface area contributed by atoms with Gasteiger partial charge in [0.2, 0.25) is 5.91 Å². The van der Waals surface area contributed by atoms with Gasteiger partial charge in [0.1, 0.15) is 5.82 Å². The average Bonchev–Trinajstić information content (AvgIpc) is 2.99. The van der Waals surface area contributed by atoms with E-state index in [0.29, 0.717) is 12.8 Å². The molecule has 1 saturated carbocycles. The minimum absolute atomic E-state index is 0.00419. The van der Waals surface area contributed by atoms with Crippen molar-refractivity contribution in [2.24, 2.45) is 11.3 Å². The molecule has 2 aliphatic heterocycles. The number of benzene rings is 1. The van der Waals surface area contributed by atoms with Crippen LogP contribution in [0.15, 0.2) is 12.1 Å². The Morgan fingerprint density at radius 3 is 2.48 bits per heavy atom. The largest absolute Gasteiger partial charge is 0.438 e. The fourth-order valence-electron chi connectivity index (χ4n) is 4.71. The zero-order valence-electron chi connectivity index (χ0n) is 14.9. The summed E-state index contributed by atoms with van der Waals surface area (Å²) < 4.78 is 43.8. The van der Waals surface area contributed by atoms with Gasteiger partial charge in [0, 0.05) is 19.0 Å². The van der Waals surface area contributed by atoms with Gasteiger partial charge in [0.15, 0.2) is 5.78 Å². The molecule has 2 aromatic rings. The lowest BCUT2D eigenvalue weighted by Gasteiger charge is -2.54. The van der Waals surface area contributed by atoms with Crippen LogP contribution in [0, 0.1) is 11.3 Å². The molecule has 11 heteroatoms. The monoisotopic (exact) mass is 446 g/mol. The second-order valence-electron chi connectivity index (χ2n) is 8.12. The molecular weight excluding hydrogens is 432 g/mol. The van der Waals surface area contributed by atoms with Crippen molar-refractivity contribution in [3.8, 4) is 0 Å². The van der Waals surface area contributed by atoms with Crippen LogP contribution >= 0.6 is 23.2 Å². The minimum atomic E-state index is -5.07. The number of carbonyl (C=O) groups excluding carboxylic acids is 2. The van der Waals surface area contributed by atoms with E-state index in [0.717, 1.165) is 17.7 Å². The average molecular weight is 447 g/mol. The number of alkyl halides is 3. The maximum absolute atomic E-state index is 14.4. The normalized spacial score (nSPS) is 25.8. The van der Waals surface area contributed by atoms with Crippen molar-refractivity contribution in [3.05, 3.63) is 28.0 Å². The smallest absolute Gasteiger partial charge is 0.319 e. The van der Waals surface area contributed by atoms with Crippen LogP contribution in [0.4, 0.5) is 13.2 Å². The summed E-state index contributed by atoms with van der Waals surface area (Å²) in [6.07, 6.45) is -4.60. The molecule has 1 unspecified atom stereocenters. The van der Waals surface area contributed by atoms with Crippen molar-refractivity contribution in [3.63, 3.8) is 0 Å². The number of Topliss-reactive ketones (excluding diaryl/α,β-unsaturated/α-hetero) is 1. The highest BCUT2D eigenvalue weighted by atomic mass is 35.5. The SMILES string of the molecule is O=C(NC1(C(F)(F)F)C(=O)Cc2nc3cc(Cl)c(Cl)cc3n21)C1CC2(CNC2)C1. The van der Waals surface area contributed by atoms with Gasteiger partial charge in [-0.3, -0.25) is 14.2 Å². The van der Waals surface area contributed by atoms with E-state index in [9.17, 15) is 22.8 Å². The summed E-state index contributed by atoms with van der Waals surface area (Å²) in [6, 6.07) is 2.58. The van der Waals surface area contributed by atoms with Gasteiger partial charge in [-0.25, -0.2) is 4.98 Å². The first-order valence-corrected chi connectivity index (χ1v) is 9.82. The Bertz CT molecular complexity index is 1070. The number of hydrogen-bond donors (Lipinski definition) is 2. The summed E-state index contributed by atoms with van der Waals surface area (Å²) in [6.45, 7) is 1.52. The number of carbonyl (C=O) groups is 2. The van der Waals surface area contributed by atoms with Gasteiger partial charge in [-0.1, -0.05) is 23.2 Å². The number of ketones is 1. The predicted octanol–water partition coefficient (Wildman–Crippen LogP) is 2.80. The zero-order valence-corrected chi connectivity index (χ0v) is 16.4. The molecule has 3 heterocycles. The summed E-state index contributed by atoms with van der Waals surface area (Å²) in [7, 11) is 0. The Kier molecular flexibility index (Phi) is 3.87. The molecule has 1 spiro atoms. The lowest BCUT2D eigenvalue weighted by atomic mass is 9.58. The Hall–Kier alpha value is -1.84. The van der Waals surface area contributed by atoms with Gasteiger partial charge in [-0.05, 0) is 30.4 Å². The Morgan fingerprint density at radius 2 is 1.90 bits per heavy atom. The number of nitrogens with zero attached hydrogens (tertiary/aromatic N) is 2. The molecule has 3 aliphatic rings. The topological polar surface area (TPSA) is 76.0 Å². The van der Waals surface area contributed by atoms with Gasteiger partial charge in [0.25, 0.3) is 5.66 Å². The van der Waals surface area contributed by atoms with Crippen molar-refractivity contribution in [1.29, 1.82) is 0 Å². The van der Waals surface area contributed by atoms with Crippen LogP contribution in [0.2, 0.25) is 10.0 Å². The Labute approximate surface area is 172 Å². The summed E-state index contributed by atoms with van der Waals surface area (Å²) >= 11 is 12.0. The number of rotatable bonds is 2. The molecule has 1 aliphatic carbocycles. The molecule has 1 aromatic carbocycles. The van der Waals surface area contributed by atoms with Crippen molar-refractivity contribution in [2.45, 2.75) is 31.1 Å². The van der Waals surface area contributed by atoms with E-state index < -0.39 is 35.9 Å². The van der Waals surface area contributed by atoms with Crippen molar-refractivity contribution >= 4 is 45.9 Å². The lowest BCUT2D eigenvalue weighted by Crippen LogP contribution is -2.67. The molecule has 1 atom stereocenters. The molecule has 0 radical (unpaired) electrons. The molecule has 0 bridgehead atoms. The molecule has 6 nitrogen and oxygen atoms in total. The predicted molar refractivity (Wildman–Crippen MR) is 98.7 cm³/mol. The third-order valence-electron chi connectivity index (χ3n) is 6.27. The number of fused-ring (bicyclic) bond motifs is 3. The van der Waals surface area contributed by atoms with Gasteiger partial charge in [0.05, 0.1) is 27.5 Å². The van der Waals surface area contributed by atoms with Crippen LogP contribution in [-0.4, -0.2) is 40.5 Å². The van der Waals surface area contributed by atoms with Crippen molar-refractivity contribution in [2.75, 3.05) is 13.1 Å². The fraction of sp³-hybridized carbons (Fsp3) is 0.500. The van der Waals surface area contributed by atoms with E-state index >= 15 is 0 Å². The molecule has 5 rings (SSSR count). The van der Waals surface area contributed by atoms with Gasteiger partial charge in [-0.15, -0.1) is 0 Å². The van der Waals surface area contributed by atoms with Crippen LogP contribution in [0.1, 0.15) is 18.7 Å². The van der Waals surface area contributed by atoms with Crippen LogP contribution in [-0.2, 0) is 21.7 Å². The number of aromatic nitrogens is 2. The van der Waals surface area contributed by atoms with Crippen LogP contribution < -0.4 is 10.6 Å². The first-order chi connectivity index (χ1) is 13.6. The van der Waals surface area contributed by atoms with E-state index in [-0.39, 0.29) is 32.3 Å². The highest BCUT2D eigenvalue weighted by Gasteiger charge is 2.67. The fourth-order valence-corrected chi connectivity index (χ4v) is 5.03. The van der Waals surface area contributed by atoms with E-state index in [2.05, 4.69) is 15.6 Å². The number of halogens is 5. The zero-order chi connectivity index (χ0) is 20.8. The van der Waals surface area contributed by atoms with Crippen LogP contribution in [0.25, 0.3) is 11.0 Å². The molecular formula is C18H15Cl2F3N4O2. The molecule has 1 amide bonds.